The Morgan fingerprint density at radius 3 is 2.95 bits per heavy atom. The Morgan fingerprint density at radius 2 is 2.23 bits per heavy atom. The lowest BCUT2D eigenvalue weighted by Gasteiger charge is -2.33. The van der Waals surface area contributed by atoms with E-state index < -0.39 is 0 Å². The predicted octanol–water partition coefficient (Wildman–Crippen LogP) is 2.31. The second kappa shape index (κ2) is 6.54. The molecular formula is C16H18FN3OS. The Labute approximate surface area is 133 Å². The number of nitrogens with zero attached hydrogens (tertiary/aromatic N) is 2. The molecule has 1 aromatic carbocycles. The lowest BCUT2D eigenvalue weighted by atomic mass is 10.1. The van der Waals surface area contributed by atoms with Gasteiger partial charge in [0.2, 0.25) is 0 Å². The van der Waals surface area contributed by atoms with Crippen molar-refractivity contribution in [3.63, 3.8) is 0 Å². The molecule has 22 heavy (non-hydrogen) atoms. The second-order valence-electron chi connectivity index (χ2n) is 5.48. The number of halogens is 1. The summed E-state index contributed by atoms with van der Waals surface area (Å²) in [5.41, 5.74) is 1.50. The van der Waals surface area contributed by atoms with E-state index in [-0.39, 0.29) is 17.8 Å². The van der Waals surface area contributed by atoms with Crippen LogP contribution in [0, 0.1) is 5.82 Å². The van der Waals surface area contributed by atoms with Crippen LogP contribution in [-0.4, -0.2) is 41.5 Å². The minimum absolute atomic E-state index is 0.00407. The summed E-state index contributed by atoms with van der Waals surface area (Å²) in [5.74, 6) is -0.248. The van der Waals surface area contributed by atoms with Crippen molar-refractivity contribution in [3.8, 4) is 0 Å². The van der Waals surface area contributed by atoms with E-state index in [0.29, 0.717) is 18.7 Å². The highest BCUT2D eigenvalue weighted by atomic mass is 32.1. The number of carbonyl (C=O) groups is 1. The molecule has 2 heterocycles. The summed E-state index contributed by atoms with van der Waals surface area (Å²) in [6.45, 7) is 4.39. The van der Waals surface area contributed by atoms with Gasteiger partial charge in [0.05, 0.1) is 5.01 Å². The van der Waals surface area contributed by atoms with Crippen LogP contribution in [0.4, 0.5) is 4.39 Å². The number of hydrogen-bond acceptors (Lipinski definition) is 4. The van der Waals surface area contributed by atoms with Gasteiger partial charge in [-0.05, 0) is 24.6 Å². The molecule has 1 fully saturated rings. The summed E-state index contributed by atoms with van der Waals surface area (Å²) in [7, 11) is 0. The molecule has 0 saturated carbocycles. The first kappa shape index (κ1) is 15.1. The summed E-state index contributed by atoms with van der Waals surface area (Å²) in [4.78, 5) is 18.8. The van der Waals surface area contributed by atoms with Gasteiger partial charge in [0.15, 0.2) is 0 Å². The van der Waals surface area contributed by atoms with E-state index in [0.717, 1.165) is 23.7 Å². The fourth-order valence-electron chi connectivity index (χ4n) is 2.56. The van der Waals surface area contributed by atoms with E-state index in [9.17, 15) is 9.18 Å². The van der Waals surface area contributed by atoms with Gasteiger partial charge in [-0.3, -0.25) is 4.79 Å². The van der Waals surface area contributed by atoms with Crippen LogP contribution in [0.15, 0.2) is 29.6 Å². The molecule has 1 atom stereocenters. The average molecular weight is 319 g/mol. The highest BCUT2D eigenvalue weighted by Crippen LogP contribution is 2.17. The molecule has 116 valence electrons. The highest BCUT2D eigenvalue weighted by molar-refractivity contribution is 7.09. The number of aromatic nitrogens is 1. The lowest BCUT2D eigenvalue weighted by molar-refractivity contribution is 0.0650. The average Bonchev–Trinajstić information content (AvgIpc) is 2.98. The topological polar surface area (TPSA) is 45.2 Å². The zero-order valence-corrected chi connectivity index (χ0v) is 13.2. The van der Waals surface area contributed by atoms with Gasteiger partial charge in [0.25, 0.3) is 5.91 Å². The van der Waals surface area contributed by atoms with E-state index in [2.05, 4.69) is 10.3 Å². The normalized spacial score (nSPS) is 18.5. The van der Waals surface area contributed by atoms with E-state index in [1.54, 1.807) is 12.1 Å². The van der Waals surface area contributed by atoms with Crippen LogP contribution >= 0.6 is 11.3 Å². The van der Waals surface area contributed by atoms with Crippen molar-refractivity contribution in [1.82, 2.24) is 15.2 Å². The van der Waals surface area contributed by atoms with Crippen LogP contribution in [0.5, 0.6) is 0 Å². The fraction of sp³-hybridized carbons (Fsp3) is 0.375. The van der Waals surface area contributed by atoms with E-state index >= 15 is 0 Å². The first-order valence-corrected chi connectivity index (χ1v) is 8.22. The molecule has 3 rings (SSSR count). The van der Waals surface area contributed by atoms with Crippen LogP contribution in [0.3, 0.4) is 0 Å². The van der Waals surface area contributed by atoms with E-state index in [1.807, 2.05) is 17.2 Å². The van der Waals surface area contributed by atoms with Crippen LogP contribution in [0.2, 0.25) is 0 Å². The monoisotopic (exact) mass is 319 g/mol. The van der Waals surface area contributed by atoms with Crippen molar-refractivity contribution < 1.29 is 9.18 Å². The van der Waals surface area contributed by atoms with E-state index in [4.69, 9.17) is 0 Å². The minimum atomic E-state index is -0.244. The third kappa shape index (κ3) is 3.34. The SMILES string of the molecule is CC1CNCCN1C(=O)c1csc(Cc2ccc(F)cc2)n1. The summed E-state index contributed by atoms with van der Waals surface area (Å²) in [5, 5.41) is 5.96. The van der Waals surface area contributed by atoms with Crippen LogP contribution in [0.1, 0.15) is 28.0 Å². The van der Waals surface area contributed by atoms with Gasteiger partial charge in [-0.25, -0.2) is 9.37 Å². The molecule has 1 unspecified atom stereocenters. The summed E-state index contributed by atoms with van der Waals surface area (Å²) < 4.78 is 12.9. The molecule has 1 aliphatic rings. The third-order valence-electron chi connectivity index (χ3n) is 3.80. The molecule has 2 aromatic rings. The van der Waals surface area contributed by atoms with Crippen molar-refractivity contribution >= 4 is 17.2 Å². The molecule has 1 N–H and O–H groups in total. The number of thiazole rings is 1. The van der Waals surface area contributed by atoms with Gasteiger partial charge in [0, 0.05) is 37.5 Å². The molecule has 1 saturated heterocycles. The maximum atomic E-state index is 12.9. The highest BCUT2D eigenvalue weighted by Gasteiger charge is 2.25. The van der Waals surface area contributed by atoms with Gasteiger partial charge >= 0.3 is 0 Å². The Balaban J connectivity index is 1.70. The first-order chi connectivity index (χ1) is 10.6. The Hall–Kier alpha value is -1.79. The number of nitrogens with one attached hydrogen (secondary N) is 1. The zero-order valence-electron chi connectivity index (χ0n) is 12.4. The number of piperazine rings is 1. The van der Waals surface area contributed by atoms with Gasteiger partial charge in [-0.1, -0.05) is 12.1 Å². The molecular weight excluding hydrogens is 301 g/mol. The number of benzene rings is 1. The van der Waals surface area contributed by atoms with Crippen LogP contribution < -0.4 is 5.32 Å². The Bertz CT molecular complexity index is 656. The molecule has 0 radical (unpaired) electrons. The fourth-order valence-corrected chi connectivity index (χ4v) is 3.36. The molecule has 0 spiro atoms. The maximum Gasteiger partial charge on any atom is 0.273 e. The number of amides is 1. The first-order valence-electron chi connectivity index (χ1n) is 7.34. The van der Waals surface area contributed by atoms with Crippen LogP contribution in [0.25, 0.3) is 0 Å². The largest absolute Gasteiger partial charge is 0.332 e. The molecule has 1 aliphatic heterocycles. The summed E-state index contributed by atoms with van der Waals surface area (Å²) in [6.07, 6.45) is 0.620. The van der Waals surface area contributed by atoms with Gasteiger partial charge in [-0.15, -0.1) is 11.3 Å². The van der Waals surface area contributed by atoms with Crippen molar-refractivity contribution in [2.24, 2.45) is 0 Å². The third-order valence-corrected chi connectivity index (χ3v) is 4.65. The molecule has 1 amide bonds. The van der Waals surface area contributed by atoms with Crippen LogP contribution in [-0.2, 0) is 6.42 Å². The Morgan fingerprint density at radius 1 is 1.45 bits per heavy atom. The molecule has 1 aromatic heterocycles. The number of carbonyl (C=O) groups excluding carboxylic acids is 1. The second-order valence-corrected chi connectivity index (χ2v) is 6.42. The summed E-state index contributed by atoms with van der Waals surface area (Å²) >= 11 is 1.47. The lowest BCUT2D eigenvalue weighted by Crippen LogP contribution is -2.52. The number of hydrogen-bond donors (Lipinski definition) is 1. The van der Waals surface area contributed by atoms with Gasteiger partial charge in [0.1, 0.15) is 11.5 Å². The van der Waals surface area contributed by atoms with Crippen molar-refractivity contribution in [1.29, 1.82) is 0 Å². The number of rotatable bonds is 3. The molecule has 6 heteroatoms. The van der Waals surface area contributed by atoms with Crippen molar-refractivity contribution in [2.75, 3.05) is 19.6 Å². The molecule has 0 aliphatic carbocycles. The maximum absolute atomic E-state index is 12.9. The quantitative estimate of drug-likeness (QED) is 0.944. The minimum Gasteiger partial charge on any atom is -0.332 e. The Kier molecular flexibility index (Phi) is 4.49. The smallest absolute Gasteiger partial charge is 0.273 e. The molecule has 4 nitrogen and oxygen atoms in total. The summed E-state index contributed by atoms with van der Waals surface area (Å²) in [6, 6.07) is 6.56. The van der Waals surface area contributed by atoms with E-state index in [1.165, 1.54) is 23.5 Å². The van der Waals surface area contributed by atoms with Gasteiger partial charge < -0.3 is 10.2 Å². The predicted molar refractivity (Wildman–Crippen MR) is 84.7 cm³/mol. The van der Waals surface area contributed by atoms with Gasteiger partial charge in [-0.2, -0.15) is 0 Å². The van der Waals surface area contributed by atoms with Crippen molar-refractivity contribution in [3.05, 3.63) is 51.7 Å². The van der Waals surface area contributed by atoms with Crippen molar-refractivity contribution in [2.45, 2.75) is 19.4 Å². The zero-order chi connectivity index (χ0) is 15.5. The standard InChI is InChI=1S/C16H18FN3OS/c1-11-9-18-6-7-20(11)16(21)14-10-22-15(19-14)8-12-2-4-13(17)5-3-12/h2-5,10-11,18H,6-9H2,1H3. The molecule has 0 bridgehead atoms.